The van der Waals surface area contributed by atoms with Gasteiger partial charge in [0.1, 0.15) is 11.6 Å². The molecule has 0 heterocycles. The van der Waals surface area contributed by atoms with E-state index >= 15 is 0 Å². The minimum atomic E-state index is -0.597. The van der Waals surface area contributed by atoms with Crippen LogP contribution in [0.15, 0.2) is 24.3 Å². The van der Waals surface area contributed by atoms with Gasteiger partial charge >= 0.3 is 5.97 Å². The predicted octanol–water partition coefficient (Wildman–Crippen LogP) is 5.04. The molecule has 0 amide bonds. The molecule has 0 saturated heterocycles. The molecule has 0 bridgehead atoms. The summed E-state index contributed by atoms with van der Waals surface area (Å²) in [5.74, 6) is 2.27. The Bertz CT molecular complexity index is 805. The minimum Gasteiger partial charge on any atom is -0.426 e. The van der Waals surface area contributed by atoms with Crippen molar-refractivity contribution in [3.05, 3.63) is 41.2 Å². The lowest BCUT2D eigenvalue weighted by atomic mass is 9.92. The highest BCUT2D eigenvalue weighted by atomic mass is 19.1. The zero-order valence-corrected chi connectivity index (χ0v) is 14.2. The third kappa shape index (κ3) is 3.37. The maximum Gasteiger partial charge on any atom is 0.316 e. The van der Waals surface area contributed by atoms with Crippen LogP contribution in [0.4, 0.5) is 4.39 Å². The van der Waals surface area contributed by atoms with Gasteiger partial charge in [-0.1, -0.05) is 25.8 Å². The van der Waals surface area contributed by atoms with Gasteiger partial charge < -0.3 is 4.74 Å². The van der Waals surface area contributed by atoms with E-state index in [9.17, 15) is 9.18 Å². The van der Waals surface area contributed by atoms with E-state index in [1.807, 2.05) is 13.8 Å². The quantitative estimate of drug-likeness (QED) is 0.441. The molecule has 0 N–H and O–H groups in total. The number of carbonyl (C=O) groups is 1. The largest absolute Gasteiger partial charge is 0.426 e. The molecule has 0 saturated carbocycles. The molecule has 0 aromatic heterocycles. The molecule has 0 spiro atoms. The Kier molecular flexibility index (Phi) is 4.47. The van der Waals surface area contributed by atoms with Gasteiger partial charge in [-0.15, -0.1) is 6.42 Å². The average molecular weight is 312 g/mol. The molecular weight excluding hydrogens is 291 g/mol. The van der Waals surface area contributed by atoms with Crippen molar-refractivity contribution in [2.75, 3.05) is 0 Å². The number of terminal acetylenes is 1. The molecule has 0 aliphatic heterocycles. The number of rotatable bonds is 2. The summed E-state index contributed by atoms with van der Waals surface area (Å²) in [5.41, 5.74) is 0.520. The fourth-order valence-corrected chi connectivity index (χ4v) is 2.36. The molecule has 2 rings (SSSR count). The van der Waals surface area contributed by atoms with Crippen molar-refractivity contribution in [3.8, 4) is 18.1 Å². The molecule has 120 valence electrons. The number of fused-ring (bicyclic) bond motifs is 1. The van der Waals surface area contributed by atoms with Crippen molar-refractivity contribution in [1.82, 2.24) is 0 Å². The Morgan fingerprint density at radius 3 is 2.43 bits per heavy atom. The van der Waals surface area contributed by atoms with Crippen LogP contribution in [0.5, 0.6) is 5.75 Å². The van der Waals surface area contributed by atoms with Gasteiger partial charge in [0.15, 0.2) is 0 Å². The van der Waals surface area contributed by atoms with Crippen LogP contribution in [-0.4, -0.2) is 5.97 Å². The fraction of sp³-hybridized carbons (Fsp3) is 0.350. The third-order valence-electron chi connectivity index (χ3n) is 3.66. The van der Waals surface area contributed by atoms with E-state index in [0.29, 0.717) is 11.1 Å². The molecule has 2 nitrogen and oxygen atoms in total. The summed E-state index contributed by atoms with van der Waals surface area (Å²) in [6.07, 6.45) is 5.49. The predicted molar refractivity (Wildman–Crippen MR) is 91.0 cm³/mol. The number of hydrogen-bond acceptors (Lipinski definition) is 2. The van der Waals surface area contributed by atoms with Crippen molar-refractivity contribution < 1.29 is 13.9 Å². The molecule has 23 heavy (non-hydrogen) atoms. The molecule has 0 radical (unpaired) electrons. The molecule has 3 heteroatoms. The van der Waals surface area contributed by atoms with Crippen LogP contribution in [0, 0.1) is 23.6 Å². The number of halogens is 1. The summed E-state index contributed by atoms with van der Waals surface area (Å²) >= 11 is 0. The van der Waals surface area contributed by atoms with Crippen LogP contribution in [-0.2, 0) is 4.79 Å². The van der Waals surface area contributed by atoms with Gasteiger partial charge in [-0.25, -0.2) is 4.39 Å². The number of hydrogen-bond donors (Lipinski definition) is 0. The lowest BCUT2D eigenvalue weighted by molar-refractivity contribution is -0.142. The normalized spacial score (nSPS) is 11.6. The van der Waals surface area contributed by atoms with E-state index < -0.39 is 11.2 Å². The smallest absolute Gasteiger partial charge is 0.316 e. The highest BCUT2D eigenvalue weighted by Crippen LogP contribution is 2.34. The lowest BCUT2D eigenvalue weighted by Crippen LogP contribution is -2.25. The SMILES string of the molecule is C#Cc1c(F)ccc2cc(OC(=O)C(C)(C)C)cc(C(C)C)c12. The average Bonchev–Trinajstić information content (AvgIpc) is 2.45. The maximum atomic E-state index is 14.0. The Hall–Kier alpha value is -2.34. The van der Waals surface area contributed by atoms with Crippen molar-refractivity contribution in [2.24, 2.45) is 5.41 Å². The molecule has 0 aliphatic rings. The Morgan fingerprint density at radius 1 is 1.26 bits per heavy atom. The van der Waals surface area contributed by atoms with Gasteiger partial charge in [0.2, 0.25) is 0 Å². The van der Waals surface area contributed by atoms with Crippen LogP contribution in [0.25, 0.3) is 10.8 Å². The van der Waals surface area contributed by atoms with E-state index in [-0.39, 0.29) is 17.5 Å². The molecule has 0 fully saturated rings. The molecule has 2 aromatic rings. The van der Waals surface area contributed by atoms with Gasteiger partial charge in [0, 0.05) is 5.39 Å². The molecule has 0 unspecified atom stereocenters. The Labute approximate surface area is 136 Å². The second-order valence-corrected chi connectivity index (χ2v) is 6.97. The summed E-state index contributed by atoms with van der Waals surface area (Å²) < 4.78 is 19.5. The first kappa shape index (κ1) is 17.0. The van der Waals surface area contributed by atoms with Crippen LogP contribution >= 0.6 is 0 Å². The summed E-state index contributed by atoms with van der Waals surface area (Å²) in [5, 5.41) is 1.47. The Morgan fingerprint density at radius 2 is 1.91 bits per heavy atom. The standard InChI is InChI=1S/C20H21FO2/c1-7-15-17(21)9-8-13-10-14(23-19(22)20(4,5)6)11-16(12(2)3)18(13)15/h1,8-12H,2-6H3. The fourth-order valence-electron chi connectivity index (χ4n) is 2.36. The molecule has 0 aliphatic carbocycles. The van der Waals surface area contributed by atoms with Gasteiger partial charge in [-0.3, -0.25) is 4.79 Å². The summed E-state index contributed by atoms with van der Waals surface area (Å²) in [6, 6.07) is 6.50. The lowest BCUT2D eigenvalue weighted by Gasteiger charge is -2.19. The van der Waals surface area contributed by atoms with Gasteiger partial charge in [-0.05, 0) is 55.8 Å². The number of benzene rings is 2. The van der Waals surface area contributed by atoms with Crippen molar-refractivity contribution in [2.45, 2.75) is 40.5 Å². The number of ether oxygens (including phenoxy) is 1. The van der Waals surface area contributed by atoms with Crippen LogP contribution < -0.4 is 4.74 Å². The van der Waals surface area contributed by atoms with E-state index in [1.165, 1.54) is 6.07 Å². The topological polar surface area (TPSA) is 26.3 Å². The highest BCUT2D eigenvalue weighted by Gasteiger charge is 2.24. The minimum absolute atomic E-state index is 0.111. The molecule has 2 aromatic carbocycles. The molecular formula is C20H21FO2. The summed E-state index contributed by atoms with van der Waals surface area (Å²) in [7, 11) is 0. The first-order valence-electron chi connectivity index (χ1n) is 7.60. The highest BCUT2D eigenvalue weighted by molar-refractivity contribution is 5.93. The Balaban J connectivity index is 2.67. The van der Waals surface area contributed by atoms with Crippen LogP contribution in [0.1, 0.15) is 51.7 Å². The summed E-state index contributed by atoms with van der Waals surface area (Å²) in [6.45, 7) is 9.38. The first-order valence-corrected chi connectivity index (χ1v) is 7.60. The second kappa shape index (κ2) is 6.04. The van der Waals surface area contributed by atoms with Crippen LogP contribution in [0.3, 0.4) is 0 Å². The van der Waals surface area contributed by atoms with Gasteiger partial charge in [0.05, 0.1) is 11.0 Å². The van der Waals surface area contributed by atoms with E-state index in [2.05, 4.69) is 5.92 Å². The van der Waals surface area contributed by atoms with Crippen molar-refractivity contribution in [1.29, 1.82) is 0 Å². The number of carbonyl (C=O) groups excluding carboxylic acids is 1. The van der Waals surface area contributed by atoms with Crippen molar-refractivity contribution in [3.63, 3.8) is 0 Å². The summed E-state index contributed by atoms with van der Waals surface area (Å²) in [4.78, 5) is 12.1. The molecule has 0 atom stereocenters. The van der Waals surface area contributed by atoms with Crippen molar-refractivity contribution >= 4 is 16.7 Å². The second-order valence-electron chi connectivity index (χ2n) is 6.97. The zero-order chi connectivity index (χ0) is 17.4. The number of esters is 1. The zero-order valence-electron chi connectivity index (χ0n) is 14.2. The van der Waals surface area contributed by atoms with E-state index in [0.717, 1.165) is 10.9 Å². The van der Waals surface area contributed by atoms with E-state index in [1.54, 1.807) is 39.0 Å². The van der Waals surface area contributed by atoms with Gasteiger partial charge in [-0.2, -0.15) is 0 Å². The first-order chi connectivity index (χ1) is 10.6. The monoisotopic (exact) mass is 312 g/mol. The van der Waals surface area contributed by atoms with Crippen LogP contribution in [0.2, 0.25) is 0 Å². The maximum absolute atomic E-state index is 14.0. The van der Waals surface area contributed by atoms with E-state index in [4.69, 9.17) is 11.2 Å². The van der Waals surface area contributed by atoms with Gasteiger partial charge in [0.25, 0.3) is 0 Å². The third-order valence-corrected chi connectivity index (χ3v) is 3.66.